The fourth-order valence-electron chi connectivity index (χ4n) is 3.85. The molecular weight excluding hydrogens is 304 g/mol. The van der Waals surface area contributed by atoms with E-state index >= 15 is 0 Å². The molecule has 0 aliphatic carbocycles. The fourth-order valence-corrected chi connectivity index (χ4v) is 3.85. The average molecular weight is 337 g/mol. The van der Waals surface area contributed by atoms with Crippen molar-refractivity contribution in [2.75, 3.05) is 32.7 Å². The molecule has 1 fully saturated rings. The van der Waals surface area contributed by atoms with Crippen molar-refractivity contribution in [3.63, 3.8) is 0 Å². The van der Waals surface area contributed by atoms with Crippen LogP contribution in [0.25, 0.3) is 0 Å². The van der Waals surface area contributed by atoms with Gasteiger partial charge in [-0.1, -0.05) is 80.4 Å². The predicted octanol–water partition coefficient (Wildman–Crippen LogP) is 4.78. The van der Waals surface area contributed by atoms with Gasteiger partial charge in [-0.2, -0.15) is 0 Å². The number of hydrogen-bond donors (Lipinski definition) is 0. The Bertz CT molecular complexity index is 588. The van der Waals surface area contributed by atoms with E-state index in [9.17, 15) is 0 Å². The first-order valence-corrected chi connectivity index (χ1v) is 9.92. The third-order valence-corrected chi connectivity index (χ3v) is 5.38. The third kappa shape index (κ3) is 5.42. The lowest BCUT2D eigenvalue weighted by Crippen LogP contribution is -2.48. The Labute approximate surface area is 153 Å². The number of hydrogen-bond acceptors (Lipinski definition) is 2. The van der Waals surface area contributed by atoms with Crippen molar-refractivity contribution in [1.82, 2.24) is 9.80 Å². The van der Waals surface area contributed by atoms with Crippen molar-refractivity contribution in [2.24, 2.45) is 0 Å². The highest BCUT2D eigenvalue weighted by Crippen LogP contribution is 2.26. The Morgan fingerprint density at radius 3 is 2.08 bits per heavy atom. The van der Waals surface area contributed by atoms with Crippen LogP contribution in [0.5, 0.6) is 0 Å². The van der Waals surface area contributed by atoms with E-state index in [2.05, 4.69) is 77.4 Å². The molecule has 0 N–H and O–H groups in total. The molecule has 0 radical (unpaired) electrons. The normalized spacial score (nSPS) is 17.5. The molecule has 1 atom stereocenters. The minimum atomic E-state index is 0.487. The Hall–Kier alpha value is -1.64. The van der Waals surface area contributed by atoms with Gasteiger partial charge < -0.3 is 4.90 Å². The van der Waals surface area contributed by atoms with Crippen molar-refractivity contribution in [2.45, 2.75) is 38.6 Å². The molecule has 1 heterocycles. The monoisotopic (exact) mass is 336 g/mol. The van der Waals surface area contributed by atoms with Crippen LogP contribution in [0.2, 0.25) is 0 Å². The highest BCUT2D eigenvalue weighted by atomic mass is 15.3. The smallest absolute Gasteiger partial charge is 0.0389 e. The SMILES string of the molecule is CCCCCN1CCN(C(Cc2ccccc2)c2ccccc2)CC1. The zero-order valence-corrected chi connectivity index (χ0v) is 15.6. The quantitative estimate of drug-likeness (QED) is 0.640. The standard InChI is InChI=1S/C23H32N2/c1-2-3-10-15-24-16-18-25(19-17-24)23(22-13-8-5-9-14-22)20-21-11-6-4-7-12-21/h4-9,11-14,23H,2-3,10,15-20H2,1H3. The van der Waals surface area contributed by atoms with E-state index < -0.39 is 0 Å². The first kappa shape index (κ1) is 18.2. The van der Waals surface area contributed by atoms with Crippen LogP contribution < -0.4 is 0 Å². The molecule has 0 amide bonds. The zero-order chi connectivity index (χ0) is 17.3. The highest BCUT2D eigenvalue weighted by Gasteiger charge is 2.25. The van der Waals surface area contributed by atoms with E-state index in [1.807, 2.05) is 0 Å². The van der Waals surface area contributed by atoms with Gasteiger partial charge in [0.15, 0.2) is 0 Å². The van der Waals surface area contributed by atoms with Crippen LogP contribution >= 0.6 is 0 Å². The van der Waals surface area contributed by atoms with Crippen molar-refractivity contribution in [1.29, 1.82) is 0 Å². The van der Waals surface area contributed by atoms with Gasteiger partial charge in [0.25, 0.3) is 0 Å². The molecule has 1 aliphatic heterocycles. The minimum Gasteiger partial charge on any atom is -0.301 e. The molecule has 1 saturated heterocycles. The lowest BCUT2D eigenvalue weighted by Gasteiger charge is -2.39. The van der Waals surface area contributed by atoms with E-state index in [-0.39, 0.29) is 0 Å². The van der Waals surface area contributed by atoms with E-state index in [4.69, 9.17) is 0 Å². The van der Waals surface area contributed by atoms with Crippen molar-refractivity contribution in [3.05, 3.63) is 71.8 Å². The summed E-state index contributed by atoms with van der Waals surface area (Å²) in [4.78, 5) is 5.34. The lowest BCUT2D eigenvalue weighted by molar-refractivity contribution is 0.0943. The minimum absolute atomic E-state index is 0.487. The van der Waals surface area contributed by atoms with Crippen molar-refractivity contribution >= 4 is 0 Å². The fraction of sp³-hybridized carbons (Fsp3) is 0.478. The number of piperazine rings is 1. The summed E-state index contributed by atoms with van der Waals surface area (Å²) >= 11 is 0. The van der Waals surface area contributed by atoms with E-state index in [0.717, 1.165) is 6.42 Å². The summed E-state index contributed by atoms with van der Waals surface area (Å²) in [6.45, 7) is 8.34. The lowest BCUT2D eigenvalue weighted by atomic mass is 9.96. The van der Waals surface area contributed by atoms with Crippen LogP contribution in [0.15, 0.2) is 60.7 Å². The first-order chi connectivity index (χ1) is 12.4. The van der Waals surface area contributed by atoms with Gasteiger partial charge in [-0.05, 0) is 30.5 Å². The van der Waals surface area contributed by atoms with Gasteiger partial charge in [0.05, 0.1) is 0 Å². The number of nitrogens with zero attached hydrogens (tertiary/aromatic N) is 2. The van der Waals surface area contributed by atoms with E-state index in [0.29, 0.717) is 6.04 Å². The van der Waals surface area contributed by atoms with Crippen molar-refractivity contribution in [3.8, 4) is 0 Å². The maximum absolute atomic E-state index is 2.69. The molecule has 2 aromatic rings. The molecule has 0 saturated carbocycles. The van der Waals surface area contributed by atoms with Gasteiger partial charge in [-0.25, -0.2) is 0 Å². The van der Waals surface area contributed by atoms with Crippen molar-refractivity contribution < 1.29 is 0 Å². The molecule has 0 spiro atoms. The Morgan fingerprint density at radius 1 is 0.800 bits per heavy atom. The first-order valence-electron chi connectivity index (χ1n) is 9.92. The molecule has 1 aliphatic rings. The molecule has 0 aromatic heterocycles. The van der Waals surface area contributed by atoms with Gasteiger partial charge in [-0.3, -0.25) is 4.90 Å². The summed E-state index contributed by atoms with van der Waals surface area (Å²) < 4.78 is 0. The number of benzene rings is 2. The van der Waals surface area contributed by atoms with Crippen LogP contribution in [-0.2, 0) is 6.42 Å². The highest BCUT2D eigenvalue weighted by molar-refractivity contribution is 5.24. The Balaban J connectivity index is 1.64. The average Bonchev–Trinajstić information content (AvgIpc) is 2.68. The van der Waals surface area contributed by atoms with Crippen LogP contribution in [-0.4, -0.2) is 42.5 Å². The molecule has 2 aromatic carbocycles. The predicted molar refractivity (Wildman–Crippen MR) is 107 cm³/mol. The van der Waals surface area contributed by atoms with Gasteiger partial charge >= 0.3 is 0 Å². The summed E-state index contributed by atoms with van der Waals surface area (Å²) in [6, 6.07) is 22.5. The third-order valence-electron chi connectivity index (χ3n) is 5.38. The van der Waals surface area contributed by atoms with Gasteiger partial charge in [0.2, 0.25) is 0 Å². The second-order valence-corrected chi connectivity index (χ2v) is 7.20. The van der Waals surface area contributed by atoms with E-state index in [1.54, 1.807) is 0 Å². The largest absolute Gasteiger partial charge is 0.301 e. The Kier molecular flexibility index (Phi) is 7.08. The van der Waals surface area contributed by atoms with Crippen LogP contribution in [0.1, 0.15) is 43.4 Å². The van der Waals surface area contributed by atoms with Gasteiger partial charge in [0, 0.05) is 32.2 Å². The van der Waals surface area contributed by atoms with Crippen LogP contribution in [0, 0.1) is 0 Å². The molecule has 3 rings (SSSR count). The number of rotatable bonds is 8. The maximum Gasteiger partial charge on any atom is 0.0389 e. The zero-order valence-electron chi connectivity index (χ0n) is 15.6. The van der Waals surface area contributed by atoms with Crippen LogP contribution in [0.3, 0.4) is 0 Å². The second-order valence-electron chi connectivity index (χ2n) is 7.20. The molecule has 1 unspecified atom stereocenters. The topological polar surface area (TPSA) is 6.48 Å². The molecule has 134 valence electrons. The second kappa shape index (κ2) is 9.74. The molecule has 2 heteroatoms. The summed E-state index contributed by atoms with van der Waals surface area (Å²) in [6.07, 6.45) is 5.12. The molecule has 25 heavy (non-hydrogen) atoms. The van der Waals surface area contributed by atoms with Crippen LogP contribution in [0.4, 0.5) is 0 Å². The molecule has 0 bridgehead atoms. The van der Waals surface area contributed by atoms with Gasteiger partial charge in [-0.15, -0.1) is 0 Å². The summed E-state index contributed by atoms with van der Waals surface area (Å²) in [5.41, 5.74) is 2.88. The molecule has 2 nitrogen and oxygen atoms in total. The number of unbranched alkanes of at least 4 members (excludes halogenated alkanes) is 2. The Morgan fingerprint density at radius 2 is 1.44 bits per heavy atom. The summed E-state index contributed by atoms with van der Waals surface area (Å²) in [5, 5.41) is 0. The van der Waals surface area contributed by atoms with Gasteiger partial charge in [0.1, 0.15) is 0 Å². The van der Waals surface area contributed by atoms with E-state index in [1.165, 1.54) is 63.1 Å². The summed E-state index contributed by atoms with van der Waals surface area (Å²) in [5.74, 6) is 0. The summed E-state index contributed by atoms with van der Waals surface area (Å²) in [7, 11) is 0. The maximum atomic E-state index is 2.69. The molecular formula is C23H32N2.